The van der Waals surface area contributed by atoms with Crippen LogP contribution in [0.25, 0.3) is 10.1 Å². The van der Waals surface area contributed by atoms with Crippen molar-refractivity contribution >= 4 is 27.3 Å². The molecule has 0 spiro atoms. The molecular formula is C26H33NO4S. The van der Waals surface area contributed by atoms with E-state index in [0.717, 1.165) is 18.8 Å². The number of carbonyl (C=O) groups excluding carboxylic acids is 1. The van der Waals surface area contributed by atoms with E-state index in [1.54, 1.807) is 11.3 Å². The first-order valence-corrected chi connectivity index (χ1v) is 12.9. The van der Waals surface area contributed by atoms with Crippen LogP contribution in [0.4, 0.5) is 0 Å². The number of thiophene rings is 1. The number of hydrogen-bond donors (Lipinski definition) is 2. The molecule has 2 N–H and O–H groups in total. The van der Waals surface area contributed by atoms with Crippen LogP contribution in [0.15, 0.2) is 41.5 Å². The highest BCUT2D eigenvalue weighted by Crippen LogP contribution is 2.46. The fraction of sp³-hybridized carbons (Fsp3) is 0.577. The Balaban J connectivity index is 1.46. The van der Waals surface area contributed by atoms with Crippen molar-refractivity contribution in [2.24, 2.45) is 17.8 Å². The molecular weight excluding hydrogens is 422 g/mol. The second-order valence-corrected chi connectivity index (χ2v) is 10.4. The first-order valence-electron chi connectivity index (χ1n) is 12.1. The molecule has 32 heavy (non-hydrogen) atoms. The van der Waals surface area contributed by atoms with E-state index in [1.807, 2.05) is 13.0 Å². The number of rotatable bonds is 8. The van der Waals surface area contributed by atoms with E-state index in [0.29, 0.717) is 24.7 Å². The minimum absolute atomic E-state index is 0.00350. The number of ether oxygens (including phenoxy) is 2. The smallest absolute Gasteiger partial charge is 0.286 e. The van der Waals surface area contributed by atoms with E-state index in [9.17, 15) is 9.90 Å². The van der Waals surface area contributed by atoms with Crippen LogP contribution in [0.2, 0.25) is 0 Å². The molecule has 6 atom stereocenters. The van der Waals surface area contributed by atoms with Gasteiger partial charge >= 0.3 is 0 Å². The van der Waals surface area contributed by atoms with Crippen LogP contribution in [0.5, 0.6) is 0 Å². The quantitative estimate of drug-likeness (QED) is 0.591. The van der Waals surface area contributed by atoms with Crippen LogP contribution < -0.4 is 5.32 Å². The predicted molar refractivity (Wildman–Crippen MR) is 126 cm³/mol. The Kier molecular flexibility index (Phi) is 6.54. The number of nitrogens with one attached hydrogen (secondary N) is 1. The summed E-state index contributed by atoms with van der Waals surface area (Å²) in [5, 5.41) is 16.2. The van der Waals surface area contributed by atoms with Crippen LogP contribution in [-0.2, 0) is 14.3 Å². The standard InChI is InChI=1S/C26H33NO4S/c1-2-30-26-19(7-5-11-28)20(21-15-32-24-8-4-3-6-18(21)24)14-23(31-26)25(29)27-22-13-16-9-10-17(22)12-16/h3-4,6,8,14-17,19-20,22,26,28H,2,5,7,9-13H2,1H3,(H,27,29)/t16?,17?,19-,20+,22?,26-/m1/s1. The molecule has 6 heteroatoms. The van der Waals surface area contributed by atoms with E-state index in [2.05, 4.69) is 35.0 Å². The van der Waals surface area contributed by atoms with Crippen molar-refractivity contribution in [2.45, 2.75) is 63.7 Å². The normalized spacial score (nSPS) is 31.5. The molecule has 172 valence electrons. The van der Waals surface area contributed by atoms with Gasteiger partial charge in [0.05, 0.1) is 0 Å². The molecule has 5 nitrogen and oxygen atoms in total. The number of hydrogen-bond acceptors (Lipinski definition) is 5. The first kappa shape index (κ1) is 21.9. The van der Waals surface area contributed by atoms with Crippen LogP contribution >= 0.6 is 11.3 Å². The lowest BCUT2D eigenvalue weighted by molar-refractivity contribution is -0.166. The Labute approximate surface area is 193 Å². The number of allylic oxidation sites excluding steroid dienone is 1. The molecule has 1 aromatic carbocycles. The average molecular weight is 456 g/mol. The fourth-order valence-corrected chi connectivity index (χ4v) is 7.05. The molecule has 2 fully saturated rings. The summed E-state index contributed by atoms with van der Waals surface area (Å²) >= 11 is 1.73. The largest absolute Gasteiger partial charge is 0.459 e. The zero-order chi connectivity index (χ0) is 22.1. The summed E-state index contributed by atoms with van der Waals surface area (Å²) in [6.45, 7) is 2.60. The van der Waals surface area contributed by atoms with Gasteiger partial charge in [0.2, 0.25) is 6.29 Å². The topological polar surface area (TPSA) is 67.8 Å². The molecule has 3 aliphatic rings. The maximum atomic E-state index is 13.3. The lowest BCUT2D eigenvalue weighted by Gasteiger charge is -2.37. The third-order valence-electron chi connectivity index (χ3n) is 7.56. The Hall–Kier alpha value is -1.89. The Morgan fingerprint density at radius 3 is 2.91 bits per heavy atom. The SMILES string of the molecule is CCO[C@@H]1OC(C(=O)NC2CC3CCC2C3)=C[C@H](c2csc3ccccc23)[C@H]1CCCO. The van der Waals surface area contributed by atoms with Crippen LogP contribution in [-0.4, -0.2) is 36.6 Å². The summed E-state index contributed by atoms with van der Waals surface area (Å²) in [4.78, 5) is 13.3. The number of fused-ring (bicyclic) bond motifs is 3. The fourth-order valence-electron chi connectivity index (χ4n) is 6.04. The molecule has 0 saturated heterocycles. The molecule has 2 saturated carbocycles. The van der Waals surface area contributed by atoms with Gasteiger partial charge in [-0.15, -0.1) is 11.3 Å². The van der Waals surface area contributed by atoms with Crippen LogP contribution in [0, 0.1) is 17.8 Å². The van der Waals surface area contributed by atoms with Crippen LogP contribution in [0.1, 0.15) is 56.9 Å². The van der Waals surface area contributed by atoms with E-state index < -0.39 is 6.29 Å². The first-order chi connectivity index (χ1) is 15.7. The number of aliphatic hydroxyl groups is 1. The van der Waals surface area contributed by atoms with Gasteiger partial charge in [-0.3, -0.25) is 4.79 Å². The van der Waals surface area contributed by atoms with E-state index >= 15 is 0 Å². The molecule has 1 aliphatic heterocycles. The van der Waals surface area contributed by atoms with Gasteiger partial charge in [0.25, 0.3) is 5.91 Å². The van der Waals surface area contributed by atoms with E-state index in [4.69, 9.17) is 9.47 Å². The third-order valence-corrected chi connectivity index (χ3v) is 8.54. The maximum absolute atomic E-state index is 13.3. The van der Waals surface area contributed by atoms with E-state index in [1.165, 1.54) is 34.9 Å². The number of carbonyl (C=O) groups is 1. The molecule has 2 aromatic rings. The summed E-state index contributed by atoms with van der Waals surface area (Å²) in [6.07, 6.45) is 7.84. The van der Waals surface area contributed by atoms with Gasteiger partial charge in [-0.1, -0.05) is 24.6 Å². The van der Waals surface area contributed by atoms with Crippen molar-refractivity contribution in [1.29, 1.82) is 0 Å². The van der Waals surface area contributed by atoms with Crippen molar-refractivity contribution in [3.8, 4) is 0 Å². The Bertz CT molecular complexity index is 985. The summed E-state index contributed by atoms with van der Waals surface area (Å²) in [7, 11) is 0. The zero-order valence-electron chi connectivity index (χ0n) is 18.7. The maximum Gasteiger partial charge on any atom is 0.286 e. The van der Waals surface area contributed by atoms with Gasteiger partial charge < -0.3 is 19.9 Å². The van der Waals surface area contributed by atoms with Crippen molar-refractivity contribution in [2.75, 3.05) is 13.2 Å². The average Bonchev–Trinajstić information content (AvgIpc) is 3.53. The summed E-state index contributed by atoms with van der Waals surface area (Å²) < 4.78 is 13.4. The van der Waals surface area contributed by atoms with Gasteiger partial charge in [-0.05, 0) is 79.3 Å². The number of amides is 1. The molecule has 0 radical (unpaired) electrons. The van der Waals surface area contributed by atoms with Gasteiger partial charge in [-0.25, -0.2) is 0 Å². The van der Waals surface area contributed by atoms with Gasteiger partial charge in [0, 0.05) is 35.8 Å². The van der Waals surface area contributed by atoms with Gasteiger partial charge in [0.1, 0.15) is 0 Å². The van der Waals surface area contributed by atoms with E-state index in [-0.39, 0.29) is 30.4 Å². The second-order valence-electron chi connectivity index (χ2n) is 9.47. The van der Waals surface area contributed by atoms with Crippen LogP contribution in [0.3, 0.4) is 0 Å². The number of benzene rings is 1. The molecule has 1 aromatic heterocycles. The highest BCUT2D eigenvalue weighted by Gasteiger charge is 2.42. The number of aliphatic hydroxyl groups excluding tert-OH is 1. The molecule has 2 aliphatic carbocycles. The van der Waals surface area contributed by atoms with Crippen molar-refractivity contribution in [3.05, 3.63) is 47.0 Å². The minimum Gasteiger partial charge on any atom is -0.459 e. The molecule has 1 amide bonds. The predicted octanol–water partition coefficient (Wildman–Crippen LogP) is 4.96. The van der Waals surface area contributed by atoms with Crippen molar-refractivity contribution < 1.29 is 19.4 Å². The second kappa shape index (κ2) is 9.54. The zero-order valence-corrected chi connectivity index (χ0v) is 19.5. The van der Waals surface area contributed by atoms with Gasteiger partial charge in [-0.2, -0.15) is 0 Å². The monoisotopic (exact) mass is 455 g/mol. The Morgan fingerprint density at radius 1 is 1.28 bits per heavy atom. The minimum atomic E-state index is -0.499. The molecule has 5 rings (SSSR count). The molecule has 3 unspecified atom stereocenters. The highest BCUT2D eigenvalue weighted by molar-refractivity contribution is 7.17. The van der Waals surface area contributed by atoms with Crippen molar-refractivity contribution in [1.82, 2.24) is 5.32 Å². The molecule has 2 bridgehead atoms. The lowest BCUT2D eigenvalue weighted by atomic mass is 9.80. The molecule has 2 heterocycles. The summed E-state index contributed by atoms with van der Waals surface area (Å²) in [6, 6.07) is 8.68. The lowest BCUT2D eigenvalue weighted by Crippen LogP contribution is -2.43. The third kappa shape index (κ3) is 4.20. The Morgan fingerprint density at radius 2 is 2.16 bits per heavy atom. The highest BCUT2D eigenvalue weighted by atomic mass is 32.1. The van der Waals surface area contributed by atoms with Gasteiger partial charge in [0.15, 0.2) is 5.76 Å². The summed E-state index contributed by atoms with van der Waals surface area (Å²) in [5.74, 6) is 1.70. The summed E-state index contributed by atoms with van der Waals surface area (Å²) in [5.41, 5.74) is 1.21. The van der Waals surface area contributed by atoms with Crippen molar-refractivity contribution in [3.63, 3.8) is 0 Å².